The summed E-state index contributed by atoms with van der Waals surface area (Å²) in [6, 6.07) is 41.5. The Kier molecular flexibility index (Phi) is 12.3. The zero-order valence-electron chi connectivity index (χ0n) is 35.2. The Hall–Kier alpha value is -8.06. The third-order valence-corrected chi connectivity index (χ3v) is 13.0. The summed E-state index contributed by atoms with van der Waals surface area (Å²) < 4.78 is 62.8. The van der Waals surface area contributed by atoms with E-state index in [1.165, 1.54) is 64.0 Å². The Morgan fingerprint density at radius 3 is 1.62 bits per heavy atom. The van der Waals surface area contributed by atoms with E-state index in [-0.39, 0.29) is 63.4 Å². The molecule has 0 spiro atoms. The van der Waals surface area contributed by atoms with Crippen LogP contribution in [0.2, 0.25) is 0 Å². The molecule has 8 aromatic rings. The highest BCUT2D eigenvalue weighted by atomic mass is 32.2. The number of sulfonamides is 2. The first-order valence-corrected chi connectivity index (χ1v) is 23.4. The average Bonchev–Trinajstić information content (AvgIpc) is 3.81. The number of hydrogen-bond acceptors (Lipinski definition) is 11. The second-order valence-corrected chi connectivity index (χ2v) is 18.4. The number of aromatic carboxylic acids is 1. The van der Waals surface area contributed by atoms with Crippen LogP contribution in [-0.2, 0) is 37.6 Å². The maximum Gasteiger partial charge on any atom is 0.338 e. The number of primary sulfonamides is 1. The highest BCUT2D eigenvalue weighted by molar-refractivity contribution is 7.92. The number of carbonyl (C=O) groups is 2. The van der Waals surface area contributed by atoms with Gasteiger partial charge in [0.1, 0.15) is 11.6 Å². The van der Waals surface area contributed by atoms with Crippen molar-refractivity contribution >= 4 is 49.3 Å². The van der Waals surface area contributed by atoms with Gasteiger partial charge < -0.3 is 21.3 Å². The molecule has 0 amide bonds. The Labute approximate surface area is 380 Å². The minimum absolute atomic E-state index is 0.0237. The first-order chi connectivity index (χ1) is 31.6. The smallest absolute Gasteiger partial charge is 0.338 e. The summed E-state index contributed by atoms with van der Waals surface area (Å²) in [6.45, 7) is 1.71. The summed E-state index contributed by atoms with van der Waals surface area (Å²) in [7, 11) is -8.19. The number of anilines is 3. The van der Waals surface area contributed by atoms with Crippen LogP contribution in [0.3, 0.4) is 0 Å². The van der Waals surface area contributed by atoms with E-state index in [4.69, 9.17) is 31.5 Å². The highest BCUT2D eigenvalue weighted by Gasteiger charge is 2.24. The van der Waals surface area contributed by atoms with E-state index < -0.39 is 32.0 Å². The van der Waals surface area contributed by atoms with Gasteiger partial charge in [-0.05, 0) is 78.7 Å². The van der Waals surface area contributed by atoms with Crippen LogP contribution in [0.1, 0.15) is 49.9 Å². The molecule has 0 atom stereocenters. The Balaban J connectivity index is 1.12. The van der Waals surface area contributed by atoms with Crippen LogP contribution in [0, 0.1) is 0 Å². The van der Waals surface area contributed by atoms with E-state index in [2.05, 4.69) is 4.72 Å². The lowest BCUT2D eigenvalue weighted by Crippen LogP contribution is -2.15. The zero-order valence-corrected chi connectivity index (χ0v) is 36.8. The predicted octanol–water partition coefficient (Wildman–Crippen LogP) is 7.06. The fourth-order valence-electron chi connectivity index (χ4n) is 7.43. The number of hydrogen-bond donors (Lipinski definition) is 5. The lowest BCUT2D eigenvalue weighted by atomic mass is 10.0. The fraction of sp³-hybridized carbons (Fsp3) is 0.0833. The molecule has 8 rings (SSSR count). The van der Waals surface area contributed by atoms with Gasteiger partial charge in [0, 0.05) is 35.1 Å². The SMILES string of the molecule is CCOC(=O)c1cc(NS(=O)(=O)c2ccc(Cc3c(-c4ccccc4)nn(-c4cccc(C(=O)O)c4)c3N)cc2)cc(-n2nc(-c3ccccc3)c(Cc3ccc(S(N)(=O)=O)cc3)c2N)c1. The number of carbonyl (C=O) groups excluding carboxylic acids is 1. The van der Waals surface area contributed by atoms with Gasteiger partial charge in [0.05, 0.1) is 56.0 Å². The van der Waals surface area contributed by atoms with Crippen molar-refractivity contribution in [3.8, 4) is 33.9 Å². The zero-order chi connectivity index (χ0) is 46.8. The first kappa shape index (κ1) is 44.5. The third kappa shape index (κ3) is 9.41. The van der Waals surface area contributed by atoms with Gasteiger partial charge in [-0.2, -0.15) is 10.2 Å². The van der Waals surface area contributed by atoms with Gasteiger partial charge >= 0.3 is 11.9 Å². The molecule has 6 aromatic carbocycles. The van der Waals surface area contributed by atoms with Gasteiger partial charge in [0.25, 0.3) is 10.0 Å². The quantitative estimate of drug-likeness (QED) is 0.0648. The molecular weight excluding hydrogens is 881 g/mol. The molecule has 16 nitrogen and oxygen atoms in total. The van der Waals surface area contributed by atoms with Crippen molar-refractivity contribution in [3.63, 3.8) is 0 Å². The molecule has 8 N–H and O–H groups in total. The number of carboxylic acids is 1. The molecule has 0 radical (unpaired) electrons. The van der Waals surface area contributed by atoms with Crippen LogP contribution < -0.4 is 21.3 Å². The Morgan fingerprint density at radius 1 is 0.621 bits per heavy atom. The summed E-state index contributed by atoms with van der Waals surface area (Å²) in [6.07, 6.45) is 0.490. The summed E-state index contributed by atoms with van der Waals surface area (Å²) >= 11 is 0. The number of rotatable bonds is 15. The van der Waals surface area contributed by atoms with E-state index in [0.29, 0.717) is 39.3 Å². The second kappa shape index (κ2) is 18.2. The molecule has 18 heteroatoms. The van der Waals surface area contributed by atoms with Crippen molar-refractivity contribution in [1.82, 2.24) is 19.6 Å². The van der Waals surface area contributed by atoms with Gasteiger partial charge in [-0.15, -0.1) is 0 Å². The summed E-state index contributed by atoms with van der Waals surface area (Å²) in [5.41, 5.74) is 19.6. The number of ether oxygens (including phenoxy) is 1. The number of nitrogens with one attached hydrogen (secondary N) is 1. The molecule has 0 aliphatic carbocycles. The minimum atomic E-state index is -4.27. The lowest BCUT2D eigenvalue weighted by molar-refractivity contribution is 0.0525. The van der Waals surface area contributed by atoms with E-state index >= 15 is 0 Å². The monoisotopic (exact) mass is 922 g/mol. The van der Waals surface area contributed by atoms with Crippen LogP contribution in [0.4, 0.5) is 17.3 Å². The molecule has 2 heterocycles. The average molecular weight is 923 g/mol. The van der Waals surface area contributed by atoms with E-state index in [1.807, 2.05) is 60.7 Å². The molecule has 0 aliphatic heterocycles. The van der Waals surface area contributed by atoms with Crippen LogP contribution in [0.25, 0.3) is 33.9 Å². The molecule has 0 saturated heterocycles. The first-order valence-electron chi connectivity index (χ1n) is 20.3. The van der Waals surface area contributed by atoms with Crippen LogP contribution in [0.15, 0.2) is 161 Å². The summed E-state index contributed by atoms with van der Waals surface area (Å²) in [4.78, 5) is 24.9. The molecule has 0 fully saturated rings. The van der Waals surface area contributed by atoms with Gasteiger partial charge in [0.2, 0.25) is 10.0 Å². The van der Waals surface area contributed by atoms with Crippen molar-refractivity contribution < 1.29 is 36.3 Å². The maximum atomic E-state index is 14.1. The number of carboxylic acid groups (broad SMARTS) is 1. The number of benzene rings is 6. The molecule has 2 aromatic heterocycles. The number of nitrogens with zero attached hydrogens (tertiary/aromatic N) is 4. The van der Waals surface area contributed by atoms with E-state index in [1.54, 1.807) is 43.3 Å². The molecule has 0 aliphatic rings. The van der Waals surface area contributed by atoms with Gasteiger partial charge in [-0.1, -0.05) is 91.0 Å². The van der Waals surface area contributed by atoms with Crippen molar-refractivity contribution in [1.29, 1.82) is 0 Å². The number of aromatic nitrogens is 4. The minimum Gasteiger partial charge on any atom is -0.478 e. The summed E-state index contributed by atoms with van der Waals surface area (Å²) in [5.74, 6) is -1.33. The topological polar surface area (TPSA) is 258 Å². The molecular formula is C48H42N8O8S2. The maximum absolute atomic E-state index is 14.1. The van der Waals surface area contributed by atoms with Gasteiger partial charge in [-0.25, -0.2) is 40.9 Å². The predicted molar refractivity (Wildman–Crippen MR) is 250 cm³/mol. The molecule has 0 unspecified atom stereocenters. The van der Waals surface area contributed by atoms with Crippen LogP contribution >= 0.6 is 0 Å². The van der Waals surface area contributed by atoms with Gasteiger partial charge in [0.15, 0.2) is 0 Å². The van der Waals surface area contributed by atoms with Crippen molar-refractivity contribution in [2.45, 2.75) is 29.6 Å². The number of esters is 1. The third-order valence-electron chi connectivity index (χ3n) is 10.7. The van der Waals surface area contributed by atoms with E-state index in [0.717, 1.165) is 11.1 Å². The molecule has 0 bridgehead atoms. The van der Waals surface area contributed by atoms with E-state index in [9.17, 15) is 31.5 Å². The van der Waals surface area contributed by atoms with Crippen molar-refractivity contribution in [2.24, 2.45) is 5.14 Å². The largest absolute Gasteiger partial charge is 0.478 e. The summed E-state index contributed by atoms with van der Waals surface area (Å²) in [5, 5.41) is 24.6. The highest BCUT2D eigenvalue weighted by Crippen LogP contribution is 2.35. The lowest BCUT2D eigenvalue weighted by Gasteiger charge is -2.13. The fourth-order valence-corrected chi connectivity index (χ4v) is 8.98. The van der Waals surface area contributed by atoms with Crippen molar-refractivity contribution in [2.75, 3.05) is 22.8 Å². The number of nitrogens with two attached hydrogens (primary N) is 3. The van der Waals surface area contributed by atoms with Gasteiger partial charge in [-0.3, -0.25) is 4.72 Å². The van der Waals surface area contributed by atoms with Crippen LogP contribution in [0.5, 0.6) is 0 Å². The standard InChI is InChI=1S/C48H42N8O8S2/c1-2-64-48(59)35-26-36(29-38(28-35)56-46(50)42(44(53-56)33-12-7-4-8-13-33)24-30-16-20-39(21-17-30)65(51,60)61)54-66(62,63)40-22-18-31(19-23-40)25-41-43(32-10-5-3-6-11-32)52-55(45(41)49)37-15-9-14-34(27-37)47(57)58/h3-23,26-29,54H,2,24-25,49-50H2,1H3,(H,57,58)(H2,51,60,61). The number of nitrogen functional groups attached to an aromatic ring is 2. The second-order valence-electron chi connectivity index (χ2n) is 15.1. The van der Waals surface area contributed by atoms with Crippen LogP contribution in [-0.4, -0.2) is 60.0 Å². The molecule has 66 heavy (non-hydrogen) atoms. The molecule has 334 valence electrons. The Bertz CT molecular complexity index is 3340. The molecule has 0 saturated carbocycles. The normalized spacial score (nSPS) is 11.6. The van der Waals surface area contributed by atoms with Crippen molar-refractivity contribution in [3.05, 3.63) is 185 Å². The Morgan fingerprint density at radius 2 is 1.12 bits per heavy atom.